The van der Waals surface area contributed by atoms with Crippen LogP contribution < -0.4 is 15.4 Å². The van der Waals surface area contributed by atoms with Crippen LogP contribution in [0.2, 0.25) is 0 Å². The van der Waals surface area contributed by atoms with Crippen LogP contribution in [0, 0.1) is 13.8 Å². The number of nitrogen functional groups attached to an aromatic ring is 1. The molecule has 0 bridgehead atoms. The van der Waals surface area contributed by atoms with E-state index in [4.69, 9.17) is 15.5 Å². The standard InChI is InChI=1S/C24H26N6OS/c1-13(2)19-11-26-15(4)28-22(19)30-5-6-31-21-14(3)7-16(8-18(21)12-30)17-9-20-23(27-10-17)32-24(25)29-20/h7-11,13H,5-6,12H2,1-4H3,(H2,25,29). The minimum atomic E-state index is 0.339. The van der Waals surface area contributed by atoms with E-state index in [1.807, 2.05) is 19.3 Å². The Morgan fingerprint density at radius 3 is 2.72 bits per heavy atom. The Morgan fingerprint density at radius 1 is 1.06 bits per heavy atom. The molecule has 0 aliphatic carbocycles. The molecule has 1 aliphatic rings. The molecule has 0 saturated heterocycles. The Balaban J connectivity index is 1.56. The summed E-state index contributed by atoms with van der Waals surface area (Å²) in [7, 11) is 0. The number of nitrogens with zero attached hydrogens (tertiary/aromatic N) is 5. The van der Waals surface area contributed by atoms with Crippen LogP contribution in [-0.4, -0.2) is 33.1 Å². The van der Waals surface area contributed by atoms with Gasteiger partial charge in [0.2, 0.25) is 0 Å². The van der Waals surface area contributed by atoms with E-state index in [9.17, 15) is 0 Å². The van der Waals surface area contributed by atoms with Gasteiger partial charge < -0.3 is 15.4 Å². The lowest BCUT2D eigenvalue weighted by Crippen LogP contribution is -2.28. The molecule has 2 N–H and O–H groups in total. The van der Waals surface area contributed by atoms with Gasteiger partial charge in [0.1, 0.15) is 34.3 Å². The summed E-state index contributed by atoms with van der Waals surface area (Å²) >= 11 is 1.40. The Bertz CT molecular complexity index is 1320. The van der Waals surface area contributed by atoms with Crippen molar-refractivity contribution in [3.05, 3.63) is 53.1 Å². The van der Waals surface area contributed by atoms with Gasteiger partial charge >= 0.3 is 0 Å². The number of anilines is 2. The molecule has 1 aromatic carbocycles. The number of aryl methyl sites for hydroxylation is 2. The molecule has 5 rings (SSSR count). The van der Waals surface area contributed by atoms with Crippen LogP contribution in [0.4, 0.5) is 10.9 Å². The van der Waals surface area contributed by atoms with E-state index in [2.05, 4.69) is 58.8 Å². The predicted molar refractivity (Wildman–Crippen MR) is 129 cm³/mol. The van der Waals surface area contributed by atoms with Crippen molar-refractivity contribution < 1.29 is 4.74 Å². The first-order valence-corrected chi connectivity index (χ1v) is 11.6. The fraction of sp³-hybridized carbons (Fsp3) is 0.333. The highest BCUT2D eigenvalue weighted by Gasteiger charge is 2.23. The smallest absolute Gasteiger partial charge is 0.182 e. The maximum absolute atomic E-state index is 6.20. The molecule has 0 atom stereocenters. The van der Waals surface area contributed by atoms with Gasteiger partial charge in [-0.25, -0.2) is 19.9 Å². The zero-order valence-electron chi connectivity index (χ0n) is 18.7. The molecule has 7 nitrogen and oxygen atoms in total. The molecule has 3 aromatic heterocycles. The summed E-state index contributed by atoms with van der Waals surface area (Å²) in [6, 6.07) is 6.40. The predicted octanol–water partition coefficient (Wildman–Crippen LogP) is 4.87. The molecule has 1 aliphatic heterocycles. The molecule has 0 fully saturated rings. The normalized spacial score (nSPS) is 13.8. The SMILES string of the molecule is Cc1ncc(C(C)C)c(N2CCOc3c(C)cc(-c4cnc5sc(N)nc5c4)cc3C2)n1. The topological polar surface area (TPSA) is 90.0 Å². The molecule has 0 amide bonds. The summed E-state index contributed by atoms with van der Waals surface area (Å²) in [5.74, 6) is 3.07. The first-order chi connectivity index (χ1) is 15.4. The second kappa shape index (κ2) is 8.02. The molecular formula is C24H26N6OS. The van der Waals surface area contributed by atoms with Crippen molar-refractivity contribution in [2.45, 2.75) is 40.2 Å². The Labute approximate surface area is 191 Å². The van der Waals surface area contributed by atoms with Gasteiger partial charge in [0.25, 0.3) is 0 Å². The van der Waals surface area contributed by atoms with Crippen molar-refractivity contribution in [3.63, 3.8) is 0 Å². The lowest BCUT2D eigenvalue weighted by molar-refractivity contribution is 0.329. The number of benzene rings is 1. The average molecular weight is 447 g/mol. The summed E-state index contributed by atoms with van der Waals surface area (Å²) in [6.45, 7) is 10.5. The van der Waals surface area contributed by atoms with Gasteiger partial charge in [-0.1, -0.05) is 25.2 Å². The van der Waals surface area contributed by atoms with Gasteiger partial charge in [-0.05, 0) is 49.1 Å². The summed E-state index contributed by atoms with van der Waals surface area (Å²) < 4.78 is 6.20. The summed E-state index contributed by atoms with van der Waals surface area (Å²) in [5.41, 5.74) is 12.2. The number of hydrogen-bond acceptors (Lipinski definition) is 8. The van der Waals surface area contributed by atoms with E-state index in [1.54, 1.807) is 0 Å². The zero-order valence-corrected chi connectivity index (χ0v) is 19.5. The molecule has 0 spiro atoms. The average Bonchev–Trinajstić information content (AvgIpc) is 2.98. The molecule has 4 heterocycles. The van der Waals surface area contributed by atoms with E-state index >= 15 is 0 Å². The lowest BCUT2D eigenvalue weighted by Gasteiger charge is -2.25. The number of aromatic nitrogens is 4. The molecule has 8 heteroatoms. The van der Waals surface area contributed by atoms with Crippen molar-refractivity contribution in [1.29, 1.82) is 0 Å². The highest BCUT2D eigenvalue weighted by Crippen LogP contribution is 2.36. The Kier molecular flexibility index (Phi) is 5.17. The molecule has 0 saturated carbocycles. The van der Waals surface area contributed by atoms with Crippen LogP contribution in [0.1, 0.15) is 42.3 Å². The minimum Gasteiger partial charge on any atom is -0.491 e. The number of nitrogens with two attached hydrogens (primary N) is 1. The number of hydrogen-bond donors (Lipinski definition) is 1. The third-order valence-electron chi connectivity index (χ3n) is 5.76. The van der Waals surface area contributed by atoms with Crippen molar-refractivity contribution in [3.8, 4) is 16.9 Å². The van der Waals surface area contributed by atoms with E-state index in [1.165, 1.54) is 11.3 Å². The van der Waals surface area contributed by atoms with E-state index in [-0.39, 0.29) is 0 Å². The fourth-order valence-corrected chi connectivity index (χ4v) is 4.84. The number of fused-ring (bicyclic) bond motifs is 2. The third-order valence-corrected chi connectivity index (χ3v) is 6.56. The van der Waals surface area contributed by atoms with Crippen LogP contribution in [0.25, 0.3) is 21.5 Å². The minimum absolute atomic E-state index is 0.339. The van der Waals surface area contributed by atoms with Gasteiger partial charge in [0.05, 0.1) is 6.54 Å². The van der Waals surface area contributed by atoms with Crippen LogP contribution in [0.3, 0.4) is 0 Å². The Hall–Kier alpha value is -3.26. The van der Waals surface area contributed by atoms with Crippen LogP contribution >= 0.6 is 11.3 Å². The second-order valence-corrected chi connectivity index (χ2v) is 9.51. The number of thiazole rings is 1. The van der Waals surface area contributed by atoms with Crippen molar-refractivity contribution in [2.75, 3.05) is 23.8 Å². The monoisotopic (exact) mass is 446 g/mol. The molecule has 0 unspecified atom stereocenters. The second-order valence-electron chi connectivity index (χ2n) is 8.50. The Morgan fingerprint density at radius 2 is 1.91 bits per heavy atom. The fourth-order valence-electron chi connectivity index (χ4n) is 4.19. The van der Waals surface area contributed by atoms with E-state index in [0.717, 1.165) is 68.6 Å². The van der Waals surface area contributed by atoms with Crippen LogP contribution in [-0.2, 0) is 6.54 Å². The van der Waals surface area contributed by atoms with E-state index < -0.39 is 0 Å². The summed E-state index contributed by atoms with van der Waals surface area (Å²) in [6.07, 6.45) is 3.85. The first kappa shape index (κ1) is 20.6. The first-order valence-electron chi connectivity index (χ1n) is 10.8. The van der Waals surface area contributed by atoms with Crippen molar-refractivity contribution >= 4 is 32.6 Å². The van der Waals surface area contributed by atoms with Crippen LogP contribution in [0.5, 0.6) is 5.75 Å². The van der Waals surface area contributed by atoms with Crippen molar-refractivity contribution in [1.82, 2.24) is 19.9 Å². The quantitative estimate of drug-likeness (QED) is 0.480. The summed E-state index contributed by atoms with van der Waals surface area (Å²) in [5, 5.41) is 0.535. The highest BCUT2D eigenvalue weighted by molar-refractivity contribution is 7.21. The molecule has 0 radical (unpaired) electrons. The molecular weight excluding hydrogens is 420 g/mol. The highest BCUT2D eigenvalue weighted by atomic mass is 32.1. The van der Waals surface area contributed by atoms with Gasteiger partial charge in [-0.3, -0.25) is 0 Å². The van der Waals surface area contributed by atoms with Crippen LogP contribution in [0.15, 0.2) is 30.6 Å². The molecule has 164 valence electrons. The summed E-state index contributed by atoms with van der Waals surface area (Å²) in [4.78, 5) is 21.3. The van der Waals surface area contributed by atoms with Gasteiger partial charge in [0, 0.05) is 35.6 Å². The maximum atomic E-state index is 6.20. The largest absolute Gasteiger partial charge is 0.491 e. The number of ether oxygens (including phenoxy) is 1. The molecule has 32 heavy (non-hydrogen) atoms. The van der Waals surface area contributed by atoms with Gasteiger partial charge in [0.15, 0.2) is 5.13 Å². The van der Waals surface area contributed by atoms with Gasteiger partial charge in [-0.2, -0.15) is 0 Å². The number of rotatable bonds is 3. The van der Waals surface area contributed by atoms with Crippen molar-refractivity contribution in [2.24, 2.45) is 0 Å². The third kappa shape index (κ3) is 3.75. The molecule has 4 aromatic rings. The van der Waals surface area contributed by atoms with E-state index in [0.29, 0.717) is 17.7 Å². The lowest BCUT2D eigenvalue weighted by atomic mass is 9.99. The maximum Gasteiger partial charge on any atom is 0.182 e. The van der Waals surface area contributed by atoms with Gasteiger partial charge in [-0.15, -0.1) is 0 Å². The zero-order chi connectivity index (χ0) is 22.4. The number of pyridine rings is 1.